The first-order valence-corrected chi connectivity index (χ1v) is 11.0. The van der Waals surface area contributed by atoms with Crippen molar-refractivity contribution in [3.8, 4) is 11.5 Å². The van der Waals surface area contributed by atoms with Gasteiger partial charge in [0.1, 0.15) is 23.9 Å². The van der Waals surface area contributed by atoms with Gasteiger partial charge in [0.2, 0.25) is 0 Å². The van der Waals surface area contributed by atoms with E-state index in [0.717, 1.165) is 10.5 Å². The van der Waals surface area contributed by atoms with Gasteiger partial charge in [0.25, 0.3) is 5.91 Å². The zero-order valence-electron chi connectivity index (χ0n) is 18.0. The van der Waals surface area contributed by atoms with E-state index in [1.165, 1.54) is 49.6 Å². The Morgan fingerprint density at radius 3 is 2.18 bits per heavy atom. The molecular formula is C25H19BrF2N2O4. The van der Waals surface area contributed by atoms with Gasteiger partial charge in [0.05, 0.1) is 13.7 Å². The molecule has 0 aromatic heterocycles. The number of carbonyl (C=O) groups excluding carboxylic acids is 2. The Labute approximate surface area is 202 Å². The van der Waals surface area contributed by atoms with E-state index in [2.05, 4.69) is 21.2 Å². The molecule has 0 aliphatic carbocycles. The second-order valence-corrected chi connectivity index (χ2v) is 8.30. The van der Waals surface area contributed by atoms with Crippen molar-refractivity contribution in [1.82, 2.24) is 10.2 Å². The number of imide groups is 1. The molecule has 4 rings (SSSR count). The van der Waals surface area contributed by atoms with Crippen LogP contribution in [0.15, 0.2) is 70.8 Å². The number of ether oxygens (including phenoxy) is 2. The molecule has 0 saturated carbocycles. The summed E-state index contributed by atoms with van der Waals surface area (Å²) < 4.78 is 38.1. The van der Waals surface area contributed by atoms with Crippen LogP contribution >= 0.6 is 15.9 Å². The fourth-order valence-electron chi connectivity index (χ4n) is 3.32. The number of nitrogens with zero attached hydrogens (tertiary/aromatic N) is 1. The topological polar surface area (TPSA) is 67.9 Å². The molecule has 3 aromatic rings. The van der Waals surface area contributed by atoms with Gasteiger partial charge in [-0.15, -0.1) is 0 Å². The Hall–Kier alpha value is -3.72. The first-order valence-electron chi connectivity index (χ1n) is 10.2. The molecule has 34 heavy (non-hydrogen) atoms. The van der Waals surface area contributed by atoms with Crippen LogP contribution in [0.25, 0.3) is 6.08 Å². The van der Waals surface area contributed by atoms with E-state index in [9.17, 15) is 18.4 Å². The van der Waals surface area contributed by atoms with E-state index in [0.29, 0.717) is 27.1 Å². The zero-order chi connectivity index (χ0) is 24.2. The van der Waals surface area contributed by atoms with Crippen molar-refractivity contribution in [3.05, 3.63) is 99.2 Å². The van der Waals surface area contributed by atoms with E-state index in [4.69, 9.17) is 9.47 Å². The van der Waals surface area contributed by atoms with Gasteiger partial charge in [-0.1, -0.05) is 40.2 Å². The number of carbonyl (C=O) groups is 2. The molecule has 1 fully saturated rings. The third-order valence-corrected chi connectivity index (χ3v) is 5.79. The van der Waals surface area contributed by atoms with Gasteiger partial charge in [0.15, 0.2) is 11.5 Å². The highest BCUT2D eigenvalue weighted by Crippen LogP contribution is 2.35. The lowest BCUT2D eigenvalue weighted by Gasteiger charge is -2.13. The van der Waals surface area contributed by atoms with E-state index in [1.807, 2.05) is 0 Å². The molecular weight excluding hydrogens is 510 g/mol. The number of urea groups is 1. The Kier molecular flexibility index (Phi) is 6.93. The van der Waals surface area contributed by atoms with Crippen LogP contribution in [0.4, 0.5) is 13.6 Å². The van der Waals surface area contributed by atoms with Gasteiger partial charge in [-0.2, -0.15) is 0 Å². The molecule has 174 valence electrons. The molecule has 0 atom stereocenters. The summed E-state index contributed by atoms with van der Waals surface area (Å²) in [5.41, 5.74) is 2.08. The number of halogens is 3. The predicted octanol–water partition coefficient (Wildman–Crippen LogP) is 5.41. The van der Waals surface area contributed by atoms with E-state index in [1.54, 1.807) is 24.3 Å². The van der Waals surface area contributed by atoms with Crippen molar-refractivity contribution in [2.24, 2.45) is 0 Å². The van der Waals surface area contributed by atoms with Crippen molar-refractivity contribution in [2.75, 3.05) is 7.11 Å². The van der Waals surface area contributed by atoms with Crippen LogP contribution in [0.2, 0.25) is 0 Å². The van der Waals surface area contributed by atoms with Crippen LogP contribution in [0.1, 0.15) is 16.7 Å². The van der Waals surface area contributed by atoms with E-state index >= 15 is 0 Å². The molecule has 0 spiro atoms. The zero-order valence-corrected chi connectivity index (χ0v) is 19.6. The molecule has 3 aromatic carbocycles. The highest BCUT2D eigenvalue weighted by molar-refractivity contribution is 9.10. The molecule has 3 amide bonds. The smallest absolute Gasteiger partial charge is 0.329 e. The number of amides is 3. The van der Waals surface area contributed by atoms with Crippen LogP contribution in [0.3, 0.4) is 0 Å². The number of rotatable bonds is 7. The summed E-state index contributed by atoms with van der Waals surface area (Å²) in [4.78, 5) is 26.2. The van der Waals surface area contributed by atoms with Gasteiger partial charge < -0.3 is 14.8 Å². The lowest BCUT2D eigenvalue weighted by molar-refractivity contribution is -0.123. The number of nitrogens with one attached hydrogen (secondary N) is 1. The molecule has 1 N–H and O–H groups in total. The van der Waals surface area contributed by atoms with E-state index < -0.39 is 17.8 Å². The first-order chi connectivity index (χ1) is 16.3. The maximum absolute atomic E-state index is 13.1. The van der Waals surface area contributed by atoms with E-state index in [-0.39, 0.29) is 24.7 Å². The van der Waals surface area contributed by atoms with Crippen molar-refractivity contribution in [3.63, 3.8) is 0 Å². The number of benzene rings is 3. The average Bonchev–Trinajstić information content (AvgIpc) is 3.08. The Bertz CT molecular complexity index is 1260. The van der Waals surface area contributed by atoms with Crippen LogP contribution in [-0.4, -0.2) is 23.9 Å². The van der Waals surface area contributed by atoms with Gasteiger partial charge in [-0.3, -0.25) is 9.69 Å². The van der Waals surface area contributed by atoms with Crippen LogP contribution in [-0.2, 0) is 17.9 Å². The standard InChI is InChI=1S/C25H19BrF2N2O4/c1-33-22-11-17(20(26)12-23(22)34-14-16-4-8-19(28)9-5-16)10-21-24(31)30(25(32)29-21)13-15-2-6-18(27)7-3-15/h2-12H,13-14H2,1H3,(H,29,32)/b21-10+. The summed E-state index contributed by atoms with van der Waals surface area (Å²) in [6.45, 7) is 0.222. The average molecular weight is 529 g/mol. The quantitative estimate of drug-likeness (QED) is 0.329. The summed E-state index contributed by atoms with van der Waals surface area (Å²) in [5, 5.41) is 2.57. The number of hydrogen-bond acceptors (Lipinski definition) is 4. The molecule has 1 aliphatic rings. The summed E-state index contributed by atoms with van der Waals surface area (Å²) >= 11 is 3.46. The molecule has 1 aliphatic heterocycles. The van der Waals surface area contributed by atoms with Crippen molar-refractivity contribution in [1.29, 1.82) is 0 Å². The lowest BCUT2D eigenvalue weighted by atomic mass is 10.1. The third-order valence-electron chi connectivity index (χ3n) is 5.11. The molecule has 6 nitrogen and oxygen atoms in total. The highest BCUT2D eigenvalue weighted by atomic mass is 79.9. The minimum Gasteiger partial charge on any atom is -0.493 e. The van der Waals surface area contributed by atoms with Gasteiger partial charge in [-0.25, -0.2) is 13.6 Å². The van der Waals surface area contributed by atoms with Crippen LogP contribution in [0, 0.1) is 11.6 Å². The van der Waals surface area contributed by atoms with Crippen molar-refractivity contribution in [2.45, 2.75) is 13.2 Å². The van der Waals surface area contributed by atoms with Crippen LogP contribution in [0.5, 0.6) is 11.5 Å². The fraction of sp³-hybridized carbons (Fsp3) is 0.120. The fourth-order valence-corrected chi connectivity index (χ4v) is 3.76. The maximum atomic E-state index is 13.1. The molecule has 0 unspecified atom stereocenters. The second kappa shape index (κ2) is 10.0. The first kappa shape index (κ1) is 23.4. The molecule has 0 radical (unpaired) electrons. The minimum atomic E-state index is -0.567. The minimum absolute atomic E-state index is 0.0168. The molecule has 9 heteroatoms. The monoisotopic (exact) mass is 528 g/mol. The SMILES string of the molecule is COc1cc(/C=C2/NC(=O)N(Cc3ccc(F)cc3)C2=O)c(Br)cc1OCc1ccc(F)cc1. The van der Waals surface area contributed by atoms with Gasteiger partial charge in [0, 0.05) is 4.47 Å². The Morgan fingerprint density at radius 2 is 1.56 bits per heavy atom. The van der Waals surface area contributed by atoms with Crippen molar-refractivity contribution < 1.29 is 27.8 Å². The third kappa shape index (κ3) is 5.26. The summed E-state index contributed by atoms with van der Waals surface area (Å²) in [5.74, 6) is -0.369. The van der Waals surface area contributed by atoms with Gasteiger partial charge in [-0.05, 0) is 59.2 Å². The largest absolute Gasteiger partial charge is 0.493 e. The number of methoxy groups -OCH3 is 1. The summed E-state index contributed by atoms with van der Waals surface area (Å²) in [6.07, 6.45) is 1.53. The summed E-state index contributed by atoms with van der Waals surface area (Å²) in [7, 11) is 1.48. The Balaban J connectivity index is 1.52. The summed E-state index contributed by atoms with van der Waals surface area (Å²) in [6, 6.07) is 14.3. The molecule has 1 heterocycles. The molecule has 0 bridgehead atoms. The lowest BCUT2D eigenvalue weighted by Crippen LogP contribution is -2.30. The highest BCUT2D eigenvalue weighted by Gasteiger charge is 2.33. The predicted molar refractivity (Wildman–Crippen MR) is 125 cm³/mol. The van der Waals surface area contributed by atoms with Gasteiger partial charge >= 0.3 is 6.03 Å². The van der Waals surface area contributed by atoms with Crippen LogP contribution < -0.4 is 14.8 Å². The normalized spacial score (nSPS) is 14.5. The second-order valence-electron chi connectivity index (χ2n) is 7.45. The molecule has 1 saturated heterocycles. The Morgan fingerprint density at radius 1 is 0.941 bits per heavy atom. The van der Waals surface area contributed by atoms with Crippen molar-refractivity contribution >= 4 is 33.9 Å². The number of hydrogen-bond donors (Lipinski definition) is 1. The maximum Gasteiger partial charge on any atom is 0.329 e.